The monoisotopic (exact) mass is 323 g/mol. The van der Waals surface area contributed by atoms with Gasteiger partial charge in [0.15, 0.2) is 0 Å². The predicted octanol–water partition coefficient (Wildman–Crippen LogP) is 4.86. The number of benzene rings is 1. The molecule has 0 saturated heterocycles. The topological polar surface area (TPSA) is 26.0 Å². The van der Waals surface area contributed by atoms with Gasteiger partial charge in [-0.25, -0.2) is 0 Å². The summed E-state index contributed by atoms with van der Waals surface area (Å²) in [7, 11) is 0. The molecule has 20 heavy (non-hydrogen) atoms. The Morgan fingerprint density at radius 2 is 2.00 bits per heavy atom. The molecule has 2 heterocycles. The molecule has 2 aromatic rings. The van der Waals surface area contributed by atoms with Gasteiger partial charge in [0.05, 0.1) is 6.04 Å². The van der Waals surface area contributed by atoms with Crippen LogP contribution in [0, 0.1) is 13.8 Å². The van der Waals surface area contributed by atoms with Gasteiger partial charge >= 0.3 is 0 Å². The molecule has 106 valence electrons. The second-order valence-electron chi connectivity index (χ2n) is 5.34. The maximum absolute atomic E-state index is 6.51. The van der Waals surface area contributed by atoms with Crippen molar-refractivity contribution in [2.75, 3.05) is 5.75 Å². The Kier molecular flexibility index (Phi) is 4.14. The highest BCUT2D eigenvalue weighted by Crippen LogP contribution is 2.37. The number of rotatable bonds is 2. The molecule has 1 aromatic heterocycles. The molecule has 1 aliphatic heterocycles. The van der Waals surface area contributed by atoms with E-state index >= 15 is 0 Å². The SMILES string of the molecule is Cc1cc(C(N)c2cc3c(s2)CCSC3)c(C)cc1Cl. The third-order valence-corrected chi connectivity index (χ3v) is 6.57. The van der Waals surface area contributed by atoms with E-state index in [1.54, 1.807) is 0 Å². The molecule has 0 radical (unpaired) electrons. The minimum atomic E-state index is -0.0356. The van der Waals surface area contributed by atoms with Crippen molar-refractivity contribution in [3.63, 3.8) is 0 Å². The summed E-state index contributed by atoms with van der Waals surface area (Å²) in [5, 5.41) is 0.820. The van der Waals surface area contributed by atoms with Crippen LogP contribution in [0.1, 0.15) is 38.0 Å². The third kappa shape index (κ3) is 2.64. The van der Waals surface area contributed by atoms with Crippen LogP contribution < -0.4 is 5.73 Å². The Bertz CT molecular complexity index is 625. The van der Waals surface area contributed by atoms with E-state index in [-0.39, 0.29) is 6.04 Å². The van der Waals surface area contributed by atoms with Crippen LogP contribution in [0.25, 0.3) is 0 Å². The van der Waals surface area contributed by atoms with Gasteiger partial charge in [-0.2, -0.15) is 11.8 Å². The van der Waals surface area contributed by atoms with Crippen molar-refractivity contribution in [2.45, 2.75) is 32.1 Å². The van der Waals surface area contributed by atoms with Crippen molar-refractivity contribution >= 4 is 34.7 Å². The van der Waals surface area contributed by atoms with Gasteiger partial charge in [0, 0.05) is 20.5 Å². The van der Waals surface area contributed by atoms with E-state index in [9.17, 15) is 0 Å². The van der Waals surface area contributed by atoms with Gasteiger partial charge in [0.25, 0.3) is 0 Å². The average Bonchev–Trinajstić information content (AvgIpc) is 2.86. The zero-order valence-corrected chi connectivity index (χ0v) is 14.1. The predicted molar refractivity (Wildman–Crippen MR) is 91.1 cm³/mol. The summed E-state index contributed by atoms with van der Waals surface area (Å²) >= 11 is 10.1. The van der Waals surface area contributed by atoms with Crippen LogP contribution in [0.4, 0.5) is 0 Å². The molecule has 0 amide bonds. The van der Waals surface area contributed by atoms with Gasteiger partial charge in [-0.15, -0.1) is 11.3 Å². The van der Waals surface area contributed by atoms with Crippen molar-refractivity contribution in [1.82, 2.24) is 0 Å². The van der Waals surface area contributed by atoms with Crippen molar-refractivity contribution in [1.29, 1.82) is 0 Å². The molecule has 4 heteroatoms. The van der Waals surface area contributed by atoms with Crippen LogP contribution in [-0.2, 0) is 12.2 Å². The largest absolute Gasteiger partial charge is 0.320 e. The first-order valence-corrected chi connectivity index (χ1v) is 9.12. The summed E-state index contributed by atoms with van der Waals surface area (Å²) in [6.45, 7) is 4.12. The molecular weight excluding hydrogens is 306 g/mol. The number of aryl methyl sites for hydroxylation is 3. The van der Waals surface area contributed by atoms with Crippen LogP contribution in [0.15, 0.2) is 18.2 Å². The Morgan fingerprint density at radius 1 is 1.20 bits per heavy atom. The number of thiophene rings is 1. The second kappa shape index (κ2) is 5.72. The highest BCUT2D eigenvalue weighted by atomic mass is 35.5. The van der Waals surface area contributed by atoms with E-state index < -0.39 is 0 Å². The molecule has 1 unspecified atom stereocenters. The fraction of sp³-hybridized carbons (Fsp3) is 0.375. The Labute approximate surface area is 133 Å². The Balaban J connectivity index is 1.98. The van der Waals surface area contributed by atoms with Gasteiger partial charge in [0.2, 0.25) is 0 Å². The highest BCUT2D eigenvalue weighted by Gasteiger charge is 2.19. The first kappa shape index (κ1) is 14.5. The molecule has 0 saturated carbocycles. The zero-order valence-electron chi connectivity index (χ0n) is 11.7. The van der Waals surface area contributed by atoms with Crippen LogP contribution in [0.2, 0.25) is 5.02 Å². The van der Waals surface area contributed by atoms with Crippen LogP contribution in [-0.4, -0.2) is 5.75 Å². The Hall–Kier alpha value is -0.480. The smallest absolute Gasteiger partial charge is 0.0648 e. The second-order valence-corrected chi connectivity index (χ2v) is 8.02. The van der Waals surface area contributed by atoms with Gasteiger partial charge in [-0.05, 0) is 60.4 Å². The maximum Gasteiger partial charge on any atom is 0.0648 e. The summed E-state index contributed by atoms with van der Waals surface area (Å²) in [6.07, 6.45) is 1.19. The lowest BCUT2D eigenvalue weighted by atomic mass is 9.98. The molecule has 1 aromatic carbocycles. The van der Waals surface area contributed by atoms with Gasteiger partial charge in [0.1, 0.15) is 0 Å². The number of halogens is 1. The number of nitrogens with two attached hydrogens (primary N) is 1. The van der Waals surface area contributed by atoms with E-state index in [4.69, 9.17) is 17.3 Å². The molecule has 1 aliphatic rings. The van der Waals surface area contributed by atoms with Crippen molar-refractivity contribution < 1.29 is 0 Å². The van der Waals surface area contributed by atoms with Crippen LogP contribution >= 0.6 is 34.7 Å². The molecule has 0 aliphatic carbocycles. The summed E-state index contributed by atoms with van der Waals surface area (Å²) < 4.78 is 0. The zero-order chi connectivity index (χ0) is 14.3. The number of thioether (sulfide) groups is 1. The van der Waals surface area contributed by atoms with Gasteiger partial charge in [-0.3, -0.25) is 0 Å². The fourth-order valence-corrected chi connectivity index (χ4v) is 5.23. The molecule has 0 spiro atoms. The first-order valence-electron chi connectivity index (χ1n) is 6.77. The van der Waals surface area contributed by atoms with Crippen molar-refractivity contribution in [3.05, 3.63) is 55.2 Å². The van der Waals surface area contributed by atoms with Gasteiger partial charge in [-0.1, -0.05) is 17.7 Å². The average molecular weight is 324 g/mol. The summed E-state index contributed by atoms with van der Waals surface area (Å²) in [4.78, 5) is 2.81. The number of hydrogen-bond donors (Lipinski definition) is 1. The molecule has 1 atom stereocenters. The quantitative estimate of drug-likeness (QED) is 0.854. The van der Waals surface area contributed by atoms with Crippen molar-refractivity contribution in [2.24, 2.45) is 5.73 Å². The summed E-state index contributed by atoms with van der Waals surface area (Å²) in [6, 6.07) is 6.43. The fourth-order valence-electron chi connectivity index (χ4n) is 2.62. The van der Waals surface area contributed by atoms with Crippen molar-refractivity contribution in [3.8, 4) is 0 Å². The lowest BCUT2D eigenvalue weighted by molar-refractivity contribution is 0.879. The maximum atomic E-state index is 6.51. The standard InChI is InChI=1S/C16H18ClNS2/c1-9-6-13(17)10(2)5-12(9)16(18)15-7-11-8-19-4-3-14(11)20-15/h5-7,16H,3-4,8,18H2,1-2H3. The minimum absolute atomic E-state index is 0.0356. The van der Waals surface area contributed by atoms with E-state index in [1.807, 2.05) is 36.1 Å². The summed E-state index contributed by atoms with van der Waals surface area (Å²) in [5.74, 6) is 2.37. The Morgan fingerprint density at radius 3 is 2.75 bits per heavy atom. The van der Waals surface area contributed by atoms with E-state index in [0.29, 0.717) is 0 Å². The molecule has 0 fully saturated rings. The van der Waals surface area contributed by atoms with E-state index in [1.165, 1.54) is 38.6 Å². The molecule has 1 nitrogen and oxygen atoms in total. The first-order chi connectivity index (χ1) is 9.56. The van der Waals surface area contributed by atoms with Crippen LogP contribution in [0.3, 0.4) is 0 Å². The molecule has 3 rings (SSSR count). The normalized spacial score (nSPS) is 16.0. The lowest BCUT2D eigenvalue weighted by Crippen LogP contribution is -2.12. The molecular formula is C16H18ClNS2. The molecule has 0 bridgehead atoms. The minimum Gasteiger partial charge on any atom is -0.320 e. The number of fused-ring (bicyclic) bond motifs is 1. The van der Waals surface area contributed by atoms with Gasteiger partial charge < -0.3 is 5.73 Å². The highest BCUT2D eigenvalue weighted by molar-refractivity contribution is 7.98. The summed E-state index contributed by atoms with van der Waals surface area (Å²) in [5.41, 5.74) is 11.5. The lowest BCUT2D eigenvalue weighted by Gasteiger charge is -2.15. The van der Waals surface area contributed by atoms with E-state index in [2.05, 4.69) is 19.1 Å². The van der Waals surface area contributed by atoms with Crippen LogP contribution in [0.5, 0.6) is 0 Å². The number of hydrogen-bond acceptors (Lipinski definition) is 3. The molecule has 2 N–H and O–H groups in total. The third-order valence-electron chi connectivity index (χ3n) is 3.84. The van der Waals surface area contributed by atoms with E-state index in [0.717, 1.165) is 16.3 Å².